The lowest BCUT2D eigenvalue weighted by molar-refractivity contribution is 0.151. The molecular formula is C15H22F2N2. The zero-order valence-electron chi connectivity index (χ0n) is 11.4. The van der Waals surface area contributed by atoms with E-state index >= 15 is 0 Å². The number of anilines is 2. The number of hydrogen-bond acceptors (Lipinski definition) is 2. The summed E-state index contributed by atoms with van der Waals surface area (Å²) in [6.07, 6.45) is 3.05. The summed E-state index contributed by atoms with van der Waals surface area (Å²) >= 11 is 0. The van der Waals surface area contributed by atoms with E-state index in [1.54, 1.807) is 12.1 Å². The van der Waals surface area contributed by atoms with Crippen LogP contribution in [0.2, 0.25) is 0 Å². The molecule has 2 rings (SSSR count). The predicted molar refractivity (Wildman–Crippen MR) is 75.7 cm³/mol. The summed E-state index contributed by atoms with van der Waals surface area (Å²) in [6.45, 7) is 3.01. The van der Waals surface area contributed by atoms with E-state index in [1.807, 2.05) is 0 Å². The monoisotopic (exact) mass is 268 g/mol. The van der Waals surface area contributed by atoms with Crippen LogP contribution in [0.15, 0.2) is 18.2 Å². The molecule has 1 aliphatic rings. The van der Waals surface area contributed by atoms with Crippen molar-refractivity contribution in [2.75, 3.05) is 17.2 Å². The first-order valence-corrected chi connectivity index (χ1v) is 7.07. The van der Waals surface area contributed by atoms with Crippen molar-refractivity contribution in [2.45, 2.75) is 51.5 Å². The summed E-state index contributed by atoms with van der Waals surface area (Å²) in [5.74, 6) is 0. The highest BCUT2D eigenvalue weighted by atomic mass is 19.3. The van der Waals surface area contributed by atoms with Gasteiger partial charge in [0.2, 0.25) is 0 Å². The molecule has 4 heteroatoms. The first-order valence-electron chi connectivity index (χ1n) is 7.07. The molecule has 0 spiro atoms. The molecule has 1 saturated heterocycles. The van der Waals surface area contributed by atoms with Gasteiger partial charge < -0.3 is 10.6 Å². The Labute approximate surface area is 113 Å². The molecule has 19 heavy (non-hydrogen) atoms. The molecular weight excluding hydrogens is 246 g/mol. The van der Waals surface area contributed by atoms with Crippen LogP contribution in [0.5, 0.6) is 0 Å². The summed E-state index contributed by atoms with van der Waals surface area (Å²) in [5, 5.41) is 0. The van der Waals surface area contributed by atoms with Crippen molar-refractivity contribution in [2.24, 2.45) is 0 Å². The Hall–Kier alpha value is -1.32. The first-order chi connectivity index (χ1) is 9.13. The molecule has 0 aromatic heterocycles. The van der Waals surface area contributed by atoms with E-state index in [0.717, 1.165) is 32.2 Å². The number of nitrogen functional groups attached to an aromatic ring is 1. The second-order valence-corrected chi connectivity index (χ2v) is 5.25. The first kappa shape index (κ1) is 14.1. The number of benzene rings is 1. The zero-order chi connectivity index (χ0) is 13.8. The number of nitrogens with zero attached hydrogens (tertiary/aromatic N) is 1. The van der Waals surface area contributed by atoms with Crippen molar-refractivity contribution in [3.8, 4) is 0 Å². The molecule has 0 radical (unpaired) electrons. The minimum absolute atomic E-state index is 0.0722. The number of hydrogen-bond donors (Lipinski definition) is 1. The topological polar surface area (TPSA) is 29.3 Å². The summed E-state index contributed by atoms with van der Waals surface area (Å²) in [4.78, 5) is 2.16. The van der Waals surface area contributed by atoms with Gasteiger partial charge in [0.1, 0.15) is 0 Å². The van der Waals surface area contributed by atoms with Gasteiger partial charge in [-0.3, -0.25) is 0 Å². The molecule has 0 aliphatic carbocycles. The van der Waals surface area contributed by atoms with Crippen LogP contribution in [0.3, 0.4) is 0 Å². The summed E-state index contributed by atoms with van der Waals surface area (Å²) in [7, 11) is 0. The van der Waals surface area contributed by atoms with Crippen LogP contribution < -0.4 is 10.6 Å². The second kappa shape index (κ2) is 6.22. The Bertz CT molecular complexity index is 419. The number of alkyl halides is 2. The summed E-state index contributed by atoms with van der Waals surface area (Å²) < 4.78 is 26.4. The van der Waals surface area contributed by atoms with Crippen molar-refractivity contribution < 1.29 is 8.78 Å². The minimum atomic E-state index is -2.47. The van der Waals surface area contributed by atoms with Crippen molar-refractivity contribution in [3.63, 3.8) is 0 Å². The van der Waals surface area contributed by atoms with E-state index in [1.165, 1.54) is 12.5 Å². The van der Waals surface area contributed by atoms with Gasteiger partial charge in [0.05, 0.1) is 0 Å². The fourth-order valence-corrected chi connectivity index (χ4v) is 2.96. The van der Waals surface area contributed by atoms with Gasteiger partial charge in [-0.2, -0.15) is 0 Å². The maximum atomic E-state index is 13.2. The fraction of sp³-hybridized carbons (Fsp3) is 0.600. The van der Waals surface area contributed by atoms with E-state index in [0.29, 0.717) is 17.4 Å². The molecule has 2 nitrogen and oxygen atoms in total. The number of halogens is 2. The average Bonchev–Trinajstić information content (AvgIpc) is 2.40. The Morgan fingerprint density at radius 3 is 2.84 bits per heavy atom. The maximum absolute atomic E-state index is 13.2. The van der Waals surface area contributed by atoms with Gasteiger partial charge in [-0.1, -0.05) is 13.3 Å². The van der Waals surface area contributed by atoms with Crippen LogP contribution in [0.25, 0.3) is 0 Å². The highest BCUT2D eigenvalue weighted by molar-refractivity contribution is 5.61. The predicted octanol–water partition coefficient (Wildman–Crippen LogP) is 4.37. The summed E-state index contributed by atoms with van der Waals surface area (Å²) in [6, 6.07) is 5.28. The number of rotatable bonds is 4. The van der Waals surface area contributed by atoms with Crippen LogP contribution in [0.4, 0.5) is 20.2 Å². The third-order valence-electron chi connectivity index (χ3n) is 3.85. The van der Waals surface area contributed by atoms with E-state index in [2.05, 4.69) is 11.8 Å². The van der Waals surface area contributed by atoms with Gasteiger partial charge in [-0.25, -0.2) is 8.78 Å². The number of nitrogens with two attached hydrogens (primary N) is 1. The molecule has 0 bridgehead atoms. The fourth-order valence-electron chi connectivity index (χ4n) is 2.96. The van der Waals surface area contributed by atoms with Gasteiger partial charge >= 0.3 is 0 Å². The quantitative estimate of drug-likeness (QED) is 0.822. The van der Waals surface area contributed by atoms with Gasteiger partial charge in [0, 0.05) is 29.5 Å². The highest BCUT2D eigenvalue weighted by Crippen LogP contribution is 2.35. The summed E-state index contributed by atoms with van der Waals surface area (Å²) in [5.41, 5.74) is 6.78. The van der Waals surface area contributed by atoms with Crippen LogP contribution >= 0.6 is 0 Å². The van der Waals surface area contributed by atoms with Crippen LogP contribution in [-0.4, -0.2) is 12.6 Å². The molecule has 1 fully saturated rings. The molecule has 0 amide bonds. The smallest absolute Gasteiger partial charge is 0.265 e. The SMILES string of the molecule is CCCC1CCCCN1c1ccc(N)cc1C(F)F. The maximum Gasteiger partial charge on any atom is 0.265 e. The molecule has 0 saturated carbocycles. The van der Waals surface area contributed by atoms with E-state index in [9.17, 15) is 8.78 Å². The molecule has 1 atom stereocenters. The van der Waals surface area contributed by atoms with Gasteiger partial charge in [0.25, 0.3) is 6.43 Å². The van der Waals surface area contributed by atoms with Crippen molar-refractivity contribution in [3.05, 3.63) is 23.8 Å². The molecule has 1 unspecified atom stereocenters. The van der Waals surface area contributed by atoms with Gasteiger partial charge in [-0.05, 0) is 43.9 Å². The Balaban J connectivity index is 2.32. The Morgan fingerprint density at radius 2 is 2.16 bits per heavy atom. The minimum Gasteiger partial charge on any atom is -0.399 e. The van der Waals surface area contributed by atoms with Crippen LogP contribution in [-0.2, 0) is 0 Å². The molecule has 1 aromatic carbocycles. The van der Waals surface area contributed by atoms with Gasteiger partial charge in [-0.15, -0.1) is 0 Å². The van der Waals surface area contributed by atoms with E-state index in [4.69, 9.17) is 5.73 Å². The highest BCUT2D eigenvalue weighted by Gasteiger charge is 2.26. The Morgan fingerprint density at radius 1 is 1.37 bits per heavy atom. The second-order valence-electron chi connectivity index (χ2n) is 5.25. The molecule has 1 aliphatic heterocycles. The van der Waals surface area contributed by atoms with Gasteiger partial charge in [0.15, 0.2) is 0 Å². The van der Waals surface area contributed by atoms with Crippen LogP contribution in [0, 0.1) is 0 Å². The van der Waals surface area contributed by atoms with Crippen molar-refractivity contribution >= 4 is 11.4 Å². The third-order valence-corrected chi connectivity index (χ3v) is 3.85. The Kier molecular flexibility index (Phi) is 4.61. The lowest BCUT2D eigenvalue weighted by atomic mass is 9.96. The third kappa shape index (κ3) is 3.17. The average molecular weight is 268 g/mol. The number of piperidine rings is 1. The molecule has 106 valence electrons. The van der Waals surface area contributed by atoms with Crippen molar-refractivity contribution in [1.82, 2.24) is 0 Å². The zero-order valence-corrected chi connectivity index (χ0v) is 11.4. The largest absolute Gasteiger partial charge is 0.399 e. The molecule has 1 aromatic rings. The normalized spacial score (nSPS) is 20.0. The molecule has 2 N–H and O–H groups in total. The van der Waals surface area contributed by atoms with Crippen LogP contribution in [0.1, 0.15) is 51.0 Å². The van der Waals surface area contributed by atoms with E-state index in [-0.39, 0.29) is 5.56 Å². The lowest BCUT2D eigenvalue weighted by Gasteiger charge is -2.38. The molecule has 1 heterocycles. The van der Waals surface area contributed by atoms with Crippen molar-refractivity contribution in [1.29, 1.82) is 0 Å². The lowest BCUT2D eigenvalue weighted by Crippen LogP contribution is -2.40. The van der Waals surface area contributed by atoms with E-state index < -0.39 is 6.43 Å². The standard InChI is InChI=1S/C15H22F2N2/c1-2-5-12-6-3-4-9-19(12)14-8-7-11(18)10-13(14)15(16)17/h7-8,10,12,15H,2-6,9,18H2,1H3.